The second-order valence-corrected chi connectivity index (χ2v) is 6.33. The minimum Gasteiger partial charge on any atom is -0.312 e. The first kappa shape index (κ1) is 15.4. The summed E-state index contributed by atoms with van der Waals surface area (Å²) in [5.41, 5.74) is 3.00. The molecule has 23 heavy (non-hydrogen) atoms. The molecule has 0 bridgehead atoms. The normalized spacial score (nSPS) is 13.4. The standard InChI is InChI=1S/C17H17N3O2S/c1-3-14(21)20(2)13-8-6-12(7-9-13)17(22)19-16-15(11-4-5-11)23-10-18-16/h3,6-11H,1,4-5H2,2H3,(H,19,22). The smallest absolute Gasteiger partial charge is 0.256 e. The van der Waals surface area contributed by atoms with Crippen LogP contribution in [0.4, 0.5) is 11.5 Å². The first-order chi connectivity index (χ1) is 11.1. The molecule has 1 heterocycles. The third-order valence-electron chi connectivity index (χ3n) is 3.80. The van der Waals surface area contributed by atoms with Crippen molar-refractivity contribution in [2.45, 2.75) is 18.8 Å². The molecule has 1 N–H and O–H groups in total. The van der Waals surface area contributed by atoms with Gasteiger partial charge in [0.05, 0.1) is 10.4 Å². The van der Waals surface area contributed by atoms with E-state index in [1.807, 2.05) is 0 Å². The van der Waals surface area contributed by atoms with Crippen molar-refractivity contribution in [2.24, 2.45) is 0 Å². The third-order valence-corrected chi connectivity index (χ3v) is 4.79. The summed E-state index contributed by atoms with van der Waals surface area (Å²) >= 11 is 1.59. The summed E-state index contributed by atoms with van der Waals surface area (Å²) in [6.45, 7) is 3.46. The molecular formula is C17H17N3O2S. The van der Waals surface area contributed by atoms with Gasteiger partial charge in [-0.1, -0.05) is 6.58 Å². The Morgan fingerprint density at radius 2 is 2.04 bits per heavy atom. The van der Waals surface area contributed by atoms with Crippen LogP contribution in [0.1, 0.15) is 34.0 Å². The molecule has 0 atom stereocenters. The number of nitrogens with zero attached hydrogens (tertiary/aromatic N) is 2. The van der Waals surface area contributed by atoms with Gasteiger partial charge in [0.25, 0.3) is 5.91 Å². The molecule has 1 fully saturated rings. The van der Waals surface area contributed by atoms with Crippen LogP contribution in [-0.2, 0) is 4.79 Å². The quantitative estimate of drug-likeness (QED) is 0.856. The highest BCUT2D eigenvalue weighted by Gasteiger charge is 2.28. The summed E-state index contributed by atoms with van der Waals surface area (Å²) in [7, 11) is 1.66. The number of thiazole rings is 1. The van der Waals surface area contributed by atoms with Gasteiger partial charge in [0, 0.05) is 18.3 Å². The van der Waals surface area contributed by atoms with Gasteiger partial charge in [-0.05, 0) is 49.1 Å². The van der Waals surface area contributed by atoms with Gasteiger partial charge in [0.15, 0.2) is 0 Å². The van der Waals surface area contributed by atoms with E-state index in [0.717, 1.165) is 4.88 Å². The van der Waals surface area contributed by atoms with Crippen LogP contribution in [0.15, 0.2) is 42.4 Å². The number of benzene rings is 1. The van der Waals surface area contributed by atoms with E-state index in [-0.39, 0.29) is 11.8 Å². The number of amides is 2. The predicted molar refractivity (Wildman–Crippen MR) is 92.1 cm³/mol. The molecule has 1 aromatic carbocycles. The van der Waals surface area contributed by atoms with Gasteiger partial charge in [-0.25, -0.2) is 4.98 Å². The van der Waals surface area contributed by atoms with E-state index in [4.69, 9.17) is 0 Å². The molecule has 0 saturated heterocycles. The van der Waals surface area contributed by atoms with Crippen molar-refractivity contribution in [1.29, 1.82) is 0 Å². The molecular weight excluding hydrogens is 310 g/mol. The van der Waals surface area contributed by atoms with E-state index < -0.39 is 0 Å². The summed E-state index contributed by atoms with van der Waals surface area (Å²) in [6.07, 6.45) is 3.59. The monoisotopic (exact) mass is 327 g/mol. The second kappa shape index (κ2) is 6.34. The van der Waals surface area contributed by atoms with Gasteiger partial charge < -0.3 is 10.2 Å². The van der Waals surface area contributed by atoms with Gasteiger partial charge in [0.1, 0.15) is 5.82 Å². The number of hydrogen-bond donors (Lipinski definition) is 1. The number of carbonyl (C=O) groups excluding carboxylic acids is 2. The van der Waals surface area contributed by atoms with Crippen molar-refractivity contribution < 1.29 is 9.59 Å². The Bertz CT molecular complexity index is 747. The molecule has 1 saturated carbocycles. The van der Waals surface area contributed by atoms with E-state index >= 15 is 0 Å². The van der Waals surface area contributed by atoms with Crippen LogP contribution < -0.4 is 10.2 Å². The number of aromatic nitrogens is 1. The molecule has 1 aliphatic rings. The number of carbonyl (C=O) groups is 2. The number of likely N-dealkylation sites (N-methyl/N-ethyl adjacent to an activating group) is 1. The third kappa shape index (κ3) is 3.32. The molecule has 0 aliphatic heterocycles. The van der Waals surface area contributed by atoms with Crippen molar-refractivity contribution in [3.63, 3.8) is 0 Å². The van der Waals surface area contributed by atoms with Crippen LogP contribution in [0.5, 0.6) is 0 Å². The van der Waals surface area contributed by atoms with E-state index in [9.17, 15) is 9.59 Å². The summed E-state index contributed by atoms with van der Waals surface area (Å²) in [6, 6.07) is 6.86. The molecule has 0 unspecified atom stereocenters. The minimum absolute atomic E-state index is 0.193. The van der Waals surface area contributed by atoms with Gasteiger partial charge in [0.2, 0.25) is 5.91 Å². The van der Waals surface area contributed by atoms with E-state index in [1.54, 1.807) is 48.2 Å². The number of rotatable bonds is 5. The zero-order valence-electron chi connectivity index (χ0n) is 12.8. The second-order valence-electron chi connectivity index (χ2n) is 5.44. The summed E-state index contributed by atoms with van der Waals surface area (Å²) < 4.78 is 0. The highest BCUT2D eigenvalue weighted by Crippen LogP contribution is 2.45. The lowest BCUT2D eigenvalue weighted by Gasteiger charge is -2.15. The first-order valence-corrected chi connectivity index (χ1v) is 8.23. The van der Waals surface area contributed by atoms with Crippen LogP contribution in [0, 0.1) is 0 Å². The number of nitrogens with one attached hydrogen (secondary N) is 1. The average Bonchev–Trinajstić information content (AvgIpc) is 3.33. The lowest BCUT2D eigenvalue weighted by Crippen LogP contribution is -2.23. The lowest BCUT2D eigenvalue weighted by molar-refractivity contribution is -0.113. The molecule has 1 aliphatic carbocycles. The minimum atomic E-state index is -0.196. The number of hydrogen-bond acceptors (Lipinski definition) is 4. The van der Waals surface area contributed by atoms with Crippen molar-refractivity contribution in [3.05, 3.63) is 52.9 Å². The molecule has 2 aromatic rings. The zero-order valence-corrected chi connectivity index (χ0v) is 13.6. The molecule has 0 spiro atoms. The van der Waals surface area contributed by atoms with Crippen LogP contribution in [0.25, 0.3) is 0 Å². The highest BCUT2D eigenvalue weighted by atomic mass is 32.1. The molecule has 0 radical (unpaired) electrons. The van der Waals surface area contributed by atoms with Gasteiger partial charge in [-0.2, -0.15) is 0 Å². The first-order valence-electron chi connectivity index (χ1n) is 7.35. The van der Waals surface area contributed by atoms with E-state index in [0.29, 0.717) is 23.0 Å². The van der Waals surface area contributed by atoms with Crippen LogP contribution in [0.2, 0.25) is 0 Å². The fraction of sp³-hybridized carbons (Fsp3) is 0.235. The Hall–Kier alpha value is -2.47. The van der Waals surface area contributed by atoms with Gasteiger partial charge in [-0.15, -0.1) is 11.3 Å². The predicted octanol–water partition coefficient (Wildman–Crippen LogP) is 3.42. The Morgan fingerprint density at radius 1 is 1.35 bits per heavy atom. The molecule has 6 heteroatoms. The summed E-state index contributed by atoms with van der Waals surface area (Å²) in [5.74, 6) is 0.838. The van der Waals surface area contributed by atoms with Gasteiger partial charge in [-0.3, -0.25) is 9.59 Å². The maximum atomic E-state index is 12.3. The SMILES string of the molecule is C=CC(=O)N(C)c1ccc(C(=O)Nc2ncsc2C2CC2)cc1. The van der Waals surface area contributed by atoms with E-state index in [2.05, 4.69) is 16.9 Å². The van der Waals surface area contributed by atoms with Crippen LogP contribution >= 0.6 is 11.3 Å². The van der Waals surface area contributed by atoms with Crippen LogP contribution in [0.3, 0.4) is 0 Å². The fourth-order valence-corrected chi connectivity index (χ4v) is 3.18. The Morgan fingerprint density at radius 3 is 2.65 bits per heavy atom. The highest BCUT2D eigenvalue weighted by molar-refractivity contribution is 7.10. The van der Waals surface area contributed by atoms with Crippen molar-refractivity contribution in [1.82, 2.24) is 4.98 Å². The lowest BCUT2D eigenvalue weighted by atomic mass is 10.2. The Kier molecular flexibility index (Phi) is 4.25. The molecule has 5 nitrogen and oxygen atoms in total. The topological polar surface area (TPSA) is 62.3 Å². The van der Waals surface area contributed by atoms with Crippen molar-refractivity contribution in [3.8, 4) is 0 Å². The maximum Gasteiger partial charge on any atom is 0.256 e. The fourth-order valence-electron chi connectivity index (χ4n) is 2.26. The average molecular weight is 327 g/mol. The van der Waals surface area contributed by atoms with E-state index in [1.165, 1.54) is 23.8 Å². The molecule has 3 rings (SSSR count). The molecule has 1 aromatic heterocycles. The maximum absolute atomic E-state index is 12.3. The summed E-state index contributed by atoms with van der Waals surface area (Å²) in [4.78, 5) is 30.8. The van der Waals surface area contributed by atoms with Gasteiger partial charge >= 0.3 is 0 Å². The Labute approximate surface area is 138 Å². The zero-order chi connectivity index (χ0) is 16.4. The Balaban J connectivity index is 1.71. The van der Waals surface area contributed by atoms with Crippen molar-refractivity contribution >= 4 is 34.7 Å². The molecule has 118 valence electrons. The molecule has 2 amide bonds. The summed E-state index contributed by atoms with van der Waals surface area (Å²) in [5, 5.41) is 2.87. The van der Waals surface area contributed by atoms with Crippen molar-refractivity contribution in [2.75, 3.05) is 17.3 Å². The van der Waals surface area contributed by atoms with Crippen LogP contribution in [-0.4, -0.2) is 23.8 Å². The largest absolute Gasteiger partial charge is 0.312 e. The number of anilines is 2.